The molecule has 0 atom stereocenters. The van der Waals surface area contributed by atoms with Gasteiger partial charge in [0.25, 0.3) is 0 Å². The van der Waals surface area contributed by atoms with E-state index in [1.807, 2.05) is 0 Å². The summed E-state index contributed by atoms with van der Waals surface area (Å²) < 4.78 is 0. The summed E-state index contributed by atoms with van der Waals surface area (Å²) in [6, 6.07) is 5.23. The Bertz CT molecular complexity index is 394. The zero-order valence-corrected chi connectivity index (χ0v) is 7.36. The lowest BCUT2D eigenvalue weighted by Gasteiger charge is -2.13. The molecule has 1 rings (SSSR count). The molecule has 0 aromatic heterocycles. The highest BCUT2D eigenvalue weighted by Crippen LogP contribution is 2.13. The van der Waals surface area contributed by atoms with Gasteiger partial charge < -0.3 is 5.11 Å². The molecule has 0 saturated carbocycles. The Morgan fingerprint density at radius 3 is 2.80 bits per heavy atom. The van der Waals surface area contributed by atoms with Crippen LogP contribution in [0.2, 0.25) is 0 Å². The molecule has 0 saturated heterocycles. The van der Waals surface area contributed by atoms with Crippen molar-refractivity contribution in [3.63, 3.8) is 0 Å². The maximum absolute atomic E-state index is 10.6. The second-order valence-corrected chi connectivity index (χ2v) is 2.49. The molecule has 0 amide bonds. The Kier molecular flexibility index (Phi) is 3.03. The van der Waals surface area contributed by atoms with E-state index in [1.165, 1.54) is 18.2 Å². The Morgan fingerprint density at radius 1 is 1.60 bits per heavy atom. The van der Waals surface area contributed by atoms with E-state index in [0.717, 1.165) is 6.07 Å². The zero-order chi connectivity index (χ0) is 11.4. The lowest BCUT2D eigenvalue weighted by molar-refractivity contribution is -0.762. The minimum Gasteiger partial charge on any atom is -0.478 e. The molecule has 0 heterocycles. The molecule has 3 N–H and O–H groups in total. The van der Waals surface area contributed by atoms with E-state index >= 15 is 0 Å². The fourth-order valence-electron chi connectivity index (χ4n) is 0.895. The van der Waals surface area contributed by atoms with E-state index in [-0.39, 0.29) is 11.3 Å². The molecule has 0 fully saturated rings. The topological polar surface area (TPSA) is 119 Å². The summed E-state index contributed by atoms with van der Waals surface area (Å²) in [6.07, 6.45) is 0. The number of rotatable bonds is 4. The summed E-state index contributed by atoms with van der Waals surface area (Å²) in [6.45, 7) is 0. The minimum atomic E-state index is -1.16. The average Bonchev–Trinajstić information content (AvgIpc) is 2.17. The summed E-state index contributed by atoms with van der Waals surface area (Å²) in [4.78, 5) is 24.4. The van der Waals surface area contributed by atoms with Crippen molar-refractivity contribution in [2.45, 2.75) is 0 Å². The number of nitrogens with two attached hydrogens (primary N) is 1. The van der Waals surface area contributed by atoms with Crippen molar-refractivity contribution in [2.24, 2.45) is 5.84 Å². The van der Waals surface area contributed by atoms with Gasteiger partial charge in [-0.3, -0.25) is 0 Å². The van der Waals surface area contributed by atoms with Crippen LogP contribution in [-0.4, -0.2) is 16.2 Å². The molecule has 0 spiro atoms. The van der Waals surface area contributed by atoms with E-state index < -0.39 is 11.1 Å². The number of aromatic carboxylic acids is 1. The number of hydrogen-bond donors (Lipinski definition) is 2. The first-order valence-electron chi connectivity index (χ1n) is 3.71. The van der Waals surface area contributed by atoms with Gasteiger partial charge in [-0.25, -0.2) is 10.6 Å². The van der Waals surface area contributed by atoms with Crippen LogP contribution < -0.4 is 11.0 Å². The summed E-state index contributed by atoms with van der Waals surface area (Å²) in [5.74, 6) is 3.98. The van der Waals surface area contributed by atoms with Gasteiger partial charge in [0, 0.05) is 0 Å². The number of carboxylic acids is 1. The largest absolute Gasteiger partial charge is 0.478 e. The normalized spacial score (nSPS) is 9.40. The summed E-state index contributed by atoms with van der Waals surface area (Å²) in [5.41, 5.74) is 0.0153. The lowest BCUT2D eigenvalue weighted by atomic mass is 10.2. The highest BCUT2D eigenvalue weighted by atomic mass is 17.0. The quantitative estimate of drug-likeness (QED) is 0.416. The van der Waals surface area contributed by atoms with Gasteiger partial charge in [0.15, 0.2) is 0 Å². The van der Waals surface area contributed by atoms with Crippen molar-refractivity contribution in [3.05, 3.63) is 39.9 Å². The number of benzene rings is 1. The van der Waals surface area contributed by atoms with Crippen molar-refractivity contribution in [1.29, 1.82) is 0 Å². The van der Waals surface area contributed by atoms with Gasteiger partial charge in [0.05, 0.1) is 11.3 Å². The third-order valence-corrected chi connectivity index (χ3v) is 1.50. The van der Waals surface area contributed by atoms with Crippen LogP contribution in [0, 0.1) is 10.1 Å². The van der Waals surface area contributed by atoms with Crippen LogP contribution in [0.25, 0.3) is 0 Å². The van der Waals surface area contributed by atoms with Crippen LogP contribution in [0.3, 0.4) is 0 Å². The highest BCUT2D eigenvalue weighted by molar-refractivity contribution is 5.88. The Morgan fingerprint density at radius 2 is 2.27 bits per heavy atom. The van der Waals surface area contributed by atoms with Crippen LogP contribution in [0.5, 0.6) is 0 Å². The fourth-order valence-corrected chi connectivity index (χ4v) is 0.895. The van der Waals surface area contributed by atoms with E-state index in [9.17, 15) is 14.9 Å². The maximum atomic E-state index is 10.6. The van der Waals surface area contributed by atoms with E-state index in [1.54, 1.807) is 0 Å². The monoisotopic (exact) mass is 213 g/mol. The number of nitrogens with zero attached hydrogens (tertiary/aromatic N) is 2. The number of carbonyl (C=O) groups is 1. The number of anilines is 1. The number of carboxylic acid groups (broad SMARTS) is 1. The third-order valence-electron chi connectivity index (χ3n) is 1.50. The van der Waals surface area contributed by atoms with Gasteiger partial charge in [0.2, 0.25) is 0 Å². The Labute approximate surface area is 83.5 Å². The first-order chi connectivity index (χ1) is 7.00. The minimum absolute atomic E-state index is 0.0464. The lowest BCUT2D eigenvalue weighted by Crippen LogP contribution is -2.33. The fraction of sp³-hybridized carbons (Fsp3) is 0. The number of hydrogen-bond acceptors (Lipinski definition) is 6. The van der Waals surface area contributed by atoms with Gasteiger partial charge in [0.1, 0.15) is 0 Å². The summed E-state index contributed by atoms with van der Waals surface area (Å²) in [5, 5.41) is 17.8. The van der Waals surface area contributed by atoms with Gasteiger partial charge in [-0.1, -0.05) is 6.07 Å². The predicted molar refractivity (Wildman–Crippen MR) is 48.1 cm³/mol. The molecule has 0 aliphatic heterocycles. The summed E-state index contributed by atoms with van der Waals surface area (Å²) in [7, 11) is 0. The molecule has 0 aliphatic rings. The SMILES string of the molecule is NN(O[N+](=O)[O-])c1cccc(C(=O)O)c1. The van der Waals surface area contributed by atoms with Gasteiger partial charge >= 0.3 is 11.1 Å². The Hall–Kier alpha value is -2.35. The smallest absolute Gasteiger partial charge is 0.335 e. The van der Waals surface area contributed by atoms with Gasteiger partial charge in [-0.15, -0.1) is 15.3 Å². The molecular weight excluding hydrogens is 206 g/mol. The van der Waals surface area contributed by atoms with Crippen LogP contribution in [-0.2, 0) is 4.94 Å². The molecule has 0 radical (unpaired) electrons. The van der Waals surface area contributed by atoms with Crippen LogP contribution in [0.15, 0.2) is 24.3 Å². The third kappa shape index (κ3) is 2.81. The van der Waals surface area contributed by atoms with Crippen LogP contribution in [0.1, 0.15) is 10.4 Å². The molecule has 1 aromatic rings. The molecule has 15 heavy (non-hydrogen) atoms. The molecule has 1 aromatic carbocycles. The first kappa shape index (κ1) is 10.7. The molecular formula is C7H7N3O5. The molecule has 8 heteroatoms. The van der Waals surface area contributed by atoms with Crippen molar-refractivity contribution < 1.29 is 19.9 Å². The molecule has 8 nitrogen and oxygen atoms in total. The second kappa shape index (κ2) is 4.24. The van der Waals surface area contributed by atoms with Crippen LogP contribution in [0.4, 0.5) is 5.69 Å². The van der Waals surface area contributed by atoms with Crippen molar-refractivity contribution in [2.75, 3.05) is 5.17 Å². The van der Waals surface area contributed by atoms with Crippen LogP contribution >= 0.6 is 0 Å². The molecule has 0 aliphatic carbocycles. The average molecular weight is 213 g/mol. The van der Waals surface area contributed by atoms with Crippen molar-refractivity contribution in [1.82, 2.24) is 0 Å². The maximum Gasteiger partial charge on any atom is 0.335 e. The number of hydrazine groups is 1. The highest BCUT2D eigenvalue weighted by Gasteiger charge is 2.09. The molecule has 0 unspecified atom stereocenters. The van der Waals surface area contributed by atoms with E-state index in [4.69, 9.17) is 10.9 Å². The van der Waals surface area contributed by atoms with Crippen molar-refractivity contribution in [3.8, 4) is 0 Å². The first-order valence-corrected chi connectivity index (χ1v) is 3.71. The standard InChI is InChI=1S/C7H7N3O5/c8-9(15-10(13)14)6-3-1-2-5(4-6)7(11)12/h1-4H,8H2,(H,11,12). The summed E-state index contributed by atoms with van der Waals surface area (Å²) >= 11 is 0. The van der Waals surface area contributed by atoms with Crippen molar-refractivity contribution >= 4 is 11.7 Å². The van der Waals surface area contributed by atoms with Gasteiger partial charge in [-0.2, -0.15) is 4.94 Å². The molecule has 0 bridgehead atoms. The van der Waals surface area contributed by atoms with E-state index in [2.05, 4.69) is 4.94 Å². The Balaban J connectivity index is 2.89. The zero-order valence-electron chi connectivity index (χ0n) is 7.36. The van der Waals surface area contributed by atoms with E-state index in [0.29, 0.717) is 5.17 Å². The van der Waals surface area contributed by atoms with Gasteiger partial charge in [-0.05, 0) is 18.2 Å². The second-order valence-electron chi connectivity index (χ2n) is 2.49. The predicted octanol–water partition coefficient (Wildman–Crippen LogP) is 0.188. The molecule has 80 valence electrons.